The van der Waals surface area contributed by atoms with E-state index in [9.17, 15) is 22.4 Å². The lowest BCUT2D eigenvalue weighted by Gasteiger charge is -2.14. The van der Waals surface area contributed by atoms with Crippen LogP contribution in [0.1, 0.15) is 12.2 Å². The number of aromatic nitrogens is 2. The maximum absolute atomic E-state index is 13.2. The van der Waals surface area contributed by atoms with Crippen molar-refractivity contribution in [2.45, 2.75) is 17.7 Å². The Hall–Kier alpha value is -4.25. The molecule has 0 aliphatic carbocycles. The SMILES string of the molecule is COc1ccc(NC(=O)CCc2nc3ccccc3c(=O)[nH]2)cc1NS(=O)(=O)c1ccc(F)cc1. The van der Waals surface area contributed by atoms with Crippen LogP contribution < -0.4 is 20.3 Å². The summed E-state index contributed by atoms with van der Waals surface area (Å²) in [5.74, 6) is -0.314. The van der Waals surface area contributed by atoms with Crippen LogP contribution in [0.4, 0.5) is 15.8 Å². The van der Waals surface area contributed by atoms with E-state index >= 15 is 0 Å². The first-order chi connectivity index (χ1) is 16.7. The van der Waals surface area contributed by atoms with Gasteiger partial charge in [-0.1, -0.05) is 12.1 Å². The first-order valence-electron chi connectivity index (χ1n) is 10.5. The van der Waals surface area contributed by atoms with Gasteiger partial charge < -0.3 is 15.0 Å². The summed E-state index contributed by atoms with van der Waals surface area (Å²) >= 11 is 0. The van der Waals surface area contributed by atoms with Crippen LogP contribution in [-0.2, 0) is 21.2 Å². The zero-order chi connectivity index (χ0) is 25.0. The van der Waals surface area contributed by atoms with Gasteiger partial charge in [0.2, 0.25) is 5.91 Å². The summed E-state index contributed by atoms with van der Waals surface area (Å²) in [5.41, 5.74) is 0.682. The van der Waals surface area contributed by atoms with Crippen LogP contribution in [0.15, 0.2) is 76.4 Å². The molecule has 0 atom stereocenters. The number of carbonyl (C=O) groups is 1. The number of para-hydroxylation sites is 1. The summed E-state index contributed by atoms with van der Waals surface area (Å²) in [4.78, 5) is 31.6. The number of sulfonamides is 1. The molecule has 11 heteroatoms. The summed E-state index contributed by atoms with van der Waals surface area (Å²) in [6, 6.07) is 15.7. The van der Waals surface area contributed by atoms with Crippen LogP contribution in [0.2, 0.25) is 0 Å². The number of nitrogens with one attached hydrogen (secondary N) is 3. The summed E-state index contributed by atoms with van der Waals surface area (Å²) < 4.78 is 46.1. The number of anilines is 2. The monoisotopic (exact) mass is 496 g/mol. The molecule has 0 aliphatic heterocycles. The summed E-state index contributed by atoms with van der Waals surface area (Å²) in [5, 5.41) is 3.16. The number of benzene rings is 3. The highest BCUT2D eigenvalue weighted by atomic mass is 32.2. The van der Waals surface area contributed by atoms with Crippen molar-refractivity contribution in [3.05, 3.63) is 88.7 Å². The topological polar surface area (TPSA) is 130 Å². The Morgan fingerprint density at radius 3 is 2.57 bits per heavy atom. The number of aromatic amines is 1. The smallest absolute Gasteiger partial charge is 0.262 e. The third-order valence-corrected chi connectivity index (χ3v) is 6.48. The molecule has 0 saturated heterocycles. The van der Waals surface area contributed by atoms with Gasteiger partial charge in [0.25, 0.3) is 15.6 Å². The molecule has 0 radical (unpaired) electrons. The highest BCUT2D eigenvalue weighted by molar-refractivity contribution is 7.92. The average molecular weight is 497 g/mol. The van der Waals surface area contributed by atoms with Crippen LogP contribution in [-0.4, -0.2) is 31.4 Å². The number of methoxy groups -OCH3 is 1. The minimum Gasteiger partial charge on any atom is -0.495 e. The van der Waals surface area contributed by atoms with Crippen LogP contribution in [0.5, 0.6) is 5.75 Å². The molecule has 1 heterocycles. The Balaban J connectivity index is 1.47. The Morgan fingerprint density at radius 1 is 1.09 bits per heavy atom. The molecular formula is C24H21FN4O5S. The Kier molecular flexibility index (Phi) is 6.78. The fourth-order valence-corrected chi connectivity index (χ4v) is 4.45. The number of rotatable bonds is 8. The van der Waals surface area contributed by atoms with Crippen molar-refractivity contribution < 1.29 is 22.3 Å². The van der Waals surface area contributed by atoms with Gasteiger partial charge in [0.05, 0.1) is 28.6 Å². The Bertz CT molecular complexity index is 1550. The van der Waals surface area contributed by atoms with Crippen LogP contribution in [0, 0.1) is 5.82 Å². The number of amides is 1. The molecule has 180 valence electrons. The van der Waals surface area contributed by atoms with Gasteiger partial charge in [-0.25, -0.2) is 17.8 Å². The van der Waals surface area contributed by atoms with E-state index < -0.39 is 15.8 Å². The molecule has 0 aliphatic rings. The van der Waals surface area contributed by atoms with Crippen LogP contribution in [0.3, 0.4) is 0 Å². The zero-order valence-corrected chi connectivity index (χ0v) is 19.4. The molecule has 1 aromatic heterocycles. The van der Waals surface area contributed by atoms with Crippen molar-refractivity contribution in [3.8, 4) is 5.75 Å². The minimum atomic E-state index is -4.03. The number of ether oxygens (including phenoxy) is 1. The standard InChI is InChI=1S/C24H21FN4O5S/c1-34-21-11-8-16(14-20(21)29-35(32,33)17-9-6-15(25)7-10-17)26-23(30)13-12-22-27-19-5-3-2-4-18(19)24(31)28-22/h2-11,14,29H,12-13H2,1H3,(H,26,30)(H,27,28,31). The summed E-state index contributed by atoms with van der Waals surface area (Å²) in [6.45, 7) is 0. The number of hydrogen-bond acceptors (Lipinski definition) is 6. The van der Waals surface area contributed by atoms with Gasteiger partial charge in [-0.3, -0.25) is 14.3 Å². The molecule has 4 aromatic rings. The number of carbonyl (C=O) groups excluding carboxylic acids is 1. The van der Waals surface area contributed by atoms with Gasteiger partial charge in [-0.15, -0.1) is 0 Å². The maximum atomic E-state index is 13.2. The number of nitrogens with zero attached hydrogens (tertiary/aromatic N) is 1. The van der Waals surface area contributed by atoms with Crippen molar-refractivity contribution in [2.75, 3.05) is 17.1 Å². The summed E-state index contributed by atoms with van der Waals surface area (Å²) in [7, 11) is -2.65. The van der Waals surface area contributed by atoms with E-state index in [2.05, 4.69) is 20.0 Å². The third kappa shape index (κ3) is 5.64. The molecular weight excluding hydrogens is 475 g/mol. The molecule has 35 heavy (non-hydrogen) atoms. The second kappa shape index (κ2) is 9.94. The van der Waals surface area contributed by atoms with E-state index in [1.165, 1.54) is 19.2 Å². The first kappa shape index (κ1) is 23.9. The fourth-order valence-electron chi connectivity index (χ4n) is 3.39. The predicted molar refractivity (Wildman–Crippen MR) is 130 cm³/mol. The van der Waals surface area contributed by atoms with E-state index in [0.29, 0.717) is 22.4 Å². The van der Waals surface area contributed by atoms with Gasteiger partial charge >= 0.3 is 0 Å². The number of aryl methyl sites for hydroxylation is 1. The number of fused-ring (bicyclic) bond motifs is 1. The normalized spacial score (nSPS) is 11.3. The van der Waals surface area contributed by atoms with E-state index in [0.717, 1.165) is 24.3 Å². The average Bonchev–Trinajstić information content (AvgIpc) is 2.83. The van der Waals surface area contributed by atoms with Crippen molar-refractivity contribution in [3.63, 3.8) is 0 Å². The van der Waals surface area contributed by atoms with E-state index in [1.807, 2.05) is 0 Å². The molecule has 0 saturated carbocycles. The molecule has 3 aromatic carbocycles. The first-order valence-corrected chi connectivity index (χ1v) is 12.0. The zero-order valence-electron chi connectivity index (χ0n) is 18.5. The third-order valence-electron chi connectivity index (χ3n) is 5.10. The van der Waals surface area contributed by atoms with Crippen molar-refractivity contribution >= 4 is 38.2 Å². The maximum Gasteiger partial charge on any atom is 0.262 e. The second-order valence-corrected chi connectivity index (χ2v) is 9.23. The number of hydrogen-bond donors (Lipinski definition) is 3. The Labute approximate surface area is 200 Å². The van der Waals surface area contributed by atoms with Crippen molar-refractivity contribution in [1.82, 2.24) is 9.97 Å². The largest absolute Gasteiger partial charge is 0.495 e. The van der Waals surface area contributed by atoms with Gasteiger partial charge in [-0.05, 0) is 54.6 Å². The Morgan fingerprint density at radius 2 is 1.83 bits per heavy atom. The van der Waals surface area contributed by atoms with Gasteiger partial charge in [-0.2, -0.15) is 0 Å². The number of halogens is 1. The van der Waals surface area contributed by atoms with E-state index in [1.54, 1.807) is 30.3 Å². The summed E-state index contributed by atoms with van der Waals surface area (Å²) in [6.07, 6.45) is 0.232. The lowest BCUT2D eigenvalue weighted by Crippen LogP contribution is -2.17. The lowest BCUT2D eigenvalue weighted by atomic mass is 10.2. The molecule has 9 nitrogen and oxygen atoms in total. The van der Waals surface area contributed by atoms with Crippen LogP contribution >= 0.6 is 0 Å². The molecule has 0 unspecified atom stereocenters. The highest BCUT2D eigenvalue weighted by Crippen LogP contribution is 2.30. The van der Waals surface area contributed by atoms with Crippen molar-refractivity contribution in [2.24, 2.45) is 0 Å². The number of H-pyrrole nitrogens is 1. The van der Waals surface area contributed by atoms with E-state index in [4.69, 9.17) is 4.74 Å². The fraction of sp³-hybridized carbons (Fsp3) is 0.125. The quantitative estimate of drug-likeness (QED) is 0.343. The van der Waals surface area contributed by atoms with Gasteiger partial charge in [0.15, 0.2) is 0 Å². The van der Waals surface area contributed by atoms with Crippen LogP contribution in [0.25, 0.3) is 10.9 Å². The molecule has 0 spiro atoms. The van der Waals surface area contributed by atoms with Crippen molar-refractivity contribution in [1.29, 1.82) is 0 Å². The molecule has 1 amide bonds. The highest BCUT2D eigenvalue weighted by Gasteiger charge is 2.18. The molecule has 4 rings (SSSR count). The minimum absolute atomic E-state index is 0.0317. The van der Waals surface area contributed by atoms with Gasteiger partial charge in [0.1, 0.15) is 17.4 Å². The predicted octanol–water partition coefficient (Wildman–Crippen LogP) is 3.44. The molecule has 0 bridgehead atoms. The van der Waals surface area contributed by atoms with E-state index in [-0.39, 0.29) is 40.6 Å². The second-order valence-electron chi connectivity index (χ2n) is 7.55. The van der Waals surface area contributed by atoms with Gasteiger partial charge in [0, 0.05) is 18.5 Å². The molecule has 0 fully saturated rings. The molecule has 3 N–H and O–H groups in total. The lowest BCUT2D eigenvalue weighted by molar-refractivity contribution is -0.116.